The van der Waals surface area contributed by atoms with Crippen molar-refractivity contribution in [1.29, 1.82) is 0 Å². The molecule has 0 aliphatic carbocycles. The van der Waals surface area contributed by atoms with E-state index >= 15 is 0 Å². The Balaban J connectivity index is 2.12. The van der Waals surface area contributed by atoms with Gasteiger partial charge in [0.15, 0.2) is 0 Å². The number of non-ortho nitro benzene ring substituents is 1. The minimum absolute atomic E-state index is 0.0571. The summed E-state index contributed by atoms with van der Waals surface area (Å²) < 4.78 is 5.18. The minimum atomic E-state index is -0.391. The van der Waals surface area contributed by atoms with E-state index in [9.17, 15) is 10.1 Å². The highest BCUT2D eigenvalue weighted by Crippen LogP contribution is 2.31. The van der Waals surface area contributed by atoms with E-state index in [-0.39, 0.29) is 5.69 Å². The highest BCUT2D eigenvalue weighted by Gasteiger charge is 2.23. The van der Waals surface area contributed by atoms with Crippen LogP contribution in [0.3, 0.4) is 0 Å². The summed E-state index contributed by atoms with van der Waals surface area (Å²) >= 11 is 0. The van der Waals surface area contributed by atoms with Crippen LogP contribution in [0.25, 0.3) is 0 Å². The van der Waals surface area contributed by atoms with Gasteiger partial charge in [-0.2, -0.15) is 0 Å². The van der Waals surface area contributed by atoms with Crippen molar-refractivity contribution in [3.63, 3.8) is 0 Å². The van der Waals surface area contributed by atoms with Crippen LogP contribution in [0.4, 0.5) is 11.4 Å². The summed E-state index contributed by atoms with van der Waals surface area (Å²) in [6.45, 7) is 0.846. The fourth-order valence-electron chi connectivity index (χ4n) is 2.53. The Kier molecular flexibility index (Phi) is 3.84. The average Bonchev–Trinajstić information content (AvgIpc) is 2.55. The first kappa shape index (κ1) is 14.2. The number of hydrogen-bond acceptors (Lipinski definition) is 5. The highest BCUT2D eigenvalue weighted by atomic mass is 16.6. The van der Waals surface area contributed by atoms with Crippen LogP contribution in [-0.2, 0) is 4.74 Å². The molecule has 112 valence electrons. The summed E-state index contributed by atoms with van der Waals surface area (Å²) in [7, 11) is 1.61. The van der Waals surface area contributed by atoms with Gasteiger partial charge in [0, 0.05) is 36.1 Å². The number of rotatable bonds is 4. The predicted octanol–water partition coefficient (Wildman–Crippen LogP) is 2.81. The molecule has 2 aromatic rings. The van der Waals surface area contributed by atoms with Crippen LogP contribution in [0.1, 0.15) is 11.1 Å². The van der Waals surface area contributed by atoms with Crippen LogP contribution < -0.4 is 4.90 Å². The number of aliphatic imine (C=N–C) groups is 1. The second-order valence-corrected chi connectivity index (χ2v) is 4.93. The standard InChI is InChI=1S/C16H15N3O3/c1-22-11-18-10-17-16(12-5-3-2-4-6-12)14-9-13(19(20)21)7-8-15(14)18/h2-9H,10-11H2,1H3. The molecule has 0 atom stereocenters. The van der Waals surface area contributed by atoms with Crippen molar-refractivity contribution in [3.05, 3.63) is 69.8 Å². The number of nitro benzene ring substituents is 1. The lowest BCUT2D eigenvalue weighted by Gasteiger charge is -2.29. The lowest BCUT2D eigenvalue weighted by molar-refractivity contribution is -0.384. The van der Waals surface area contributed by atoms with Crippen LogP contribution in [0.15, 0.2) is 53.5 Å². The fraction of sp³-hybridized carbons (Fsp3) is 0.188. The number of benzene rings is 2. The first-order valence-corrected chi connectivity index (χ1v) is 6.83. The molecule has 0 radical (unpaired) electrons. The zero-order valence-electron chi connectivity index (χ0n) is 12.1. The van der Waals surface area contributed by atoms with Gasteiger partial charge >= 0.3 is 0 Å². The van der Waals surface area contributed by atoms with E-state index < -0.39 is 4.92 Å². The fourth-order valence-corrected chi connectivity index (χ4v) is 2.53. The largest absolute Gasteiger partial charge is 0.364 e. The molecule has 0 unspecified atom stereocenters. The SMILES string of the molecule is COCN1CN=C(c2ccccc2)c2cc([N+](=O)[O-])ccc21. The molecule has 1 aliphatic rings. The summed E-state index contributed by atoms with van der Waals surface area (Å²) in [5.41, 5.74) is 3.42. The van der Waals surface area contributed by atoms with Crippen LogP contribution >= 0.6 is 0 Å². The van der Waals surface area contributed by atoms with E-state index in [0.717, 1.165) is 22.5 Å². The Labute approximate surface area is 127 Å². The Morgan fingerprint density at radius 3 is 2.73 bits per heavy atom. The Hall–Kier alpha value is -2.73. The van der Waals surface area contributed by atoms with Gasteiger partial charge in [0.05, 0.1) is 10.6 Å². The highest BCUT2D eigenvalue weighted by molar-refractivity contribution is 6.17. The van der Waals surface area contributed by atoms with Crippen molar-refractivity contribution >= 4 is 17.1 Å². The van der Waals surface area contributed by atoms with Crippen molar-refractivity contribution in [2.45, 2.75) is 0 Å². The van der Waals surface area contributed by atoms with Gasteiger partial charge in [0.25, 0.3) is 5.69 Å². The molecule has 0 bridgehead atoms. The van der Waals surface area contributed by atoms with Gasteiger partial charge in [-0.05, 0) is 6.07 Å². The van der Waals surface area contributed by atoms with Gasteiger partial charge in [-0.1, -0.05) is 30.3 Å². The van der Waals surface area contributed by atoms with E-state index in [1.165, 1.54) is 6.07 Å². The third-order valence-corrected chi connectivity index (χ3v) is 3.52. The quantitative estimate of drug-likeness (QED) is 0.643. The zero-order chi connectivity index (χ0) is 15.5. The summed E-state index contributed by atoms with van der Waals surface area (Å²) in [4.78, 5) is 17.2. The third kappa shape index (κ3) is 2.56. The van der Waals surface area contributed by atoms with Gasteiger partial charge in [0.1, 0.15) is 13.4 Å². The maximum absolute atomic E-state index is 11.1. The molecule has 0 spiro atoms. The first-order valence-electron chi connectivity index (χ1n) is 6.83. The van der Waals surface area contributed by atoms with Crippen molar-refractivity contribution in [1.82, 2.24) is 0 Å². The lowest BCUT2D eigenvalue weighted by Crippen LogP contribution is -2.31. The van der Waals surface area contributed by atoms with Gasteiger partial charge < -0.3 is 9.64 Å². The number of anilines is 1. The number of hydrogen-bond donors (Lipinski definition) is 0. The molecule has 1 aliphatic heterocycles. The molecule has 22 heavy (non-hydrogen) atoms. The number of nitro groups is 1. The van der Waals surface area contributed by atoms with Crippen LogP contribution in [-0.4, -0.2) is 31.1 Å². The lowest BCUT2D eigenvalue weighted by atomic mass is 9.98. The van der Waals surface area contributed by atoms with E-state index in [1.54, 1.807) is 19.2 Å². The van der Waals surface area contributed by atoms with Crippen LogP contribution in [0.2, 0.25) is 0 Å². The Morgan fingerprint density at radius 1 is 1.27 bits per heavy atom. The van der Waals surface area contributed by atoms with Crippen LogP contribution in [0.5, 0.6) is 0 Å². The molecule has 0 aromatic heterocycles. The van der Waals surface area contributed by atoms with Crippen LogP contribution in [0, 0.1) is 10.1 Å². The Bertz CT molecular complexity index is 729. The van der Waals surface area contributed by atoms with Gasteiger partial charge in [-0.3, -0.25) is 15.1 Å². The molecule has 3 rings (SSSR count). The van der Waals surface area contributed by atoms with Crippen molar-refractivity contribution < 1.29 is 9.66 Å². The molecule has 6 heteroatoms. The number of ether oxygens (including phenoxy) is 1. The second kappa shape index (κ2) is 5.95. The number of methoxy groups -OCH3 is 1. The second-order valence-electron chi connectivity index (χ2n) is 4.93. The van der Waals surface area contributed by atoms with E-state index in [1.807, 2.05) is 35.2 Å². The molecule has 0 saturated carbocycles. The van der Waals surface area contributed by atoms with Crippen molar-refractivity contribution in [2.24, 2.45) is 4.99 Å². The van der Waals surface area contributed by atoms with E-state index in [0.29, 0.717) is 13.4 Å². The maximum atomic E-state index is 11.1. The zero-order valence-corrected chi connectivity index (χ0v) is 12.1. The molecular weight excluding hydrogens is 282 g/mol. The van der Waals surface area contributed by atoms with Crippen molar-refractivity contribution in [3.8, 4) is 0 Å². The average molecular weight is 297 g/mol. The summed E-state index contributed by atoms with van der Waals surface area (Å²) in [5.74, 6) is 0. The monoisotopic (exact) mass is 297 g/mol. The molecule has 6 nitrogen and oxygen atoms in total. The third-order valence-electron chi connectivity index (χ3n) is 3.52. The molecule has 2 aromatic carbocycles. The summed E-state index contributed by atoms with van der Waals surface area (Å²) in [5, 5.41) is 11.1. The topological polar surface area (TPSA) is 68.0 Å². The summed E-state index contributed by atoms with van der Waals surface area (Å²) in [6.07, 6.45) is 0. The smallest absolute Gasteiger partial charge is 0.270 e. The molecule has 0 fully saturated rings. The van der Waals surface area contributed by atoms with Gasteiger partial charge in [0.2, 0.25) is 0 Å². The van der Waals surface area contributed by atoms with E-state index in [4.69, 9.17) is 4.74 Å². The first-order chi connectivity index (χ1) is 10.7. The number of fused-ring (bicyclic) bond motifs is 1. The molecule has 1 heterocycles. The van der Waals surface area contributed by atoms with Gasteiger partial charge in [-0.25, -0.2) is 0 Å². The summed E-state index contributed by atoms with van der Waals surface area (Å²) in [6, 6.07) is 14.5. The van der Waals surface area contributed by atoms with Crippen molar-refractivity contribution in [2.75, 3.05) is 25.4 Å². The normalized spacial score (nSPS) is 13.5. The molecule has 0 saturated heterocycles. The maximum Gasteiger partial charge on any atom is 0.270 e. The molecule has 0 amide bonds. The van der Waals surface area contributed by atoms with E-state index in [2.05, 4.69) is 4.99 Å². The van der Waals surface area contributed by atoms with Gasteiger partial charge in [-0.15, -0.1) is 0 Å². The Morgan fingerprint density at radius 2 is 2.05 bits per heavy atom. The predicted molar refractivity (Wildman–Crippen MR) is 84.4 cm³/mol. The minimum Gasteiger partial charge on any atom is -0.364 e. The molecule has 0 N–H and O–H groups in total. The number of nitrogens with zero attached hydrogens (tertiary/aromatic N) is 3. The molecular formula is C16H15N3O3.